The molecule has 27 heavy (non-hydrogen) atoms. The van der Waals surface area contributed by atoms with Gasteiger partial charge in [-0.3, -0.25) is 4.79 Å². The number of esters is 1. The lowest BCUT2D eigenvalue weighted by Crippen LogP contribution is -2.11. The number of hydrogen-bond acceptors (Lipinski definition) is 6. The van der Waals surface area contributed by atoms with Crippen LogP contribution in [-0.2, 0) is 30.8 Å². The third kappa shape index (κ3) is 4.35. The minimum absolute atomic E-state index is 0.0769. The van der Waals surface area contributed by atoms with E-state index in [0.29, 0.717) is 6.42 Å². The number of primary sulfonamides is 1. The fourth-order valence-corrected chi connectivity index (χ4v) is 3.51. The number of carbonyl (C=O) groups excluding carboxylic acids is 1. The van der Waals surface area contributed by atoms with Gasteiger partial charge in [-0.25, -0.2) is 13.6 Å². The van der Waals surface area contributed by atoms with Crippen molar-refractivity contribution in [1.29, 1.82) is 0 Å². The molecule has 1 atom stereocenters. The highest BCUT2D eigenvalue weighted by molar-refractivity contribution is 7.89. The summed E-state index contributed by atoms with van der Waals surface area (Å²) in [5, 5.41) is 8.97. The maximum atomic E-state index is 11.4. The Balaban J connectivity index is 1.84. The van der Waals surface area contributed by atoms with Gasteiger partial charge in [-0.2, -0.15) is 0 Å². The van der Waals surface area contributed by atoms with Crippen molar-refractivity contribution in [3.63, 3.8) is 0 Å². The minimum Gasteiger partial charge on any atom is -0.408 e. The first-order valence-corrected chi connectivity index (χ1v) is 9.99. The van der Waals surface area contributed by atoms with Crippen molar-refractivity contribution in [3.8, 4) is 11.1 Å². The summed E-state index contributed by atoms with van der Waals surface area (Å²) >= 11 is 0. The largest absolute Gasteiger partial charge is 0.408 e. The van der Waals surface area contributed by atoms with E-state index in [-0.39, 0.29) is 16.9 Å². The molecule has 0 saturated heterocycles. The summed E-state index contributed by atoms with van der Waals surface area (Å²) in [6.07, 6.45) is 0.879. The molecule has 0 spiro atoms. The number of hydrogen-bond donors (Lipinski definition) is 1. The molecule has 0 aromatic heterocycles. The molecule has 142 valence electrons. The highest BCUT2D eigenvalue weighted by atomic mass is 32.2. The number of nitrogens with two attached hydrogens (primary N) is 1. The van der Waals surface area contributed by atoms with Crippen LogP contribution in [0.15, 0.2) is 52.5 Å². The molecule has 3 rings (SSSR count). The molecule has 2 aromatic rings. The lowest BCUT2D eigenvalue weighted by atomic mass is 9.94. The molecule has 0 saturated carbocycles. The second-order valence-corrected chi connectivity index (χ2v) is 7.77. The van der Waals surface area contributed by atoms with Crippen LogP contribution in [0.1, 0.15) is 37.5 Å². The fraction of sp³-hybridized carbons (Fsp3) is 0.263. The Kier molecular flexibility index (Phi) is 5.29. The summed E-state index contributed by atoms with van der Waals surface area (Å²) in [4.78, 5) is 16.6. The molecule has 0 bridgehead atoms. The Labute approximate surface area is 157 Å². The molecule has 0 amide bonds. The SMILES string of the molecule is CCc1cc(-c2ccc(S(N)(=O)=O)cc2)ccc1C1CC(OC(C)=O)=NO1. The van der Waals surface area contributed by atoms with Crippen LogP contribution in [0.5, 0.6) is 0 Å². The van der Waals surface area contributed by atoms with Crippen LogP contribution >= 0.6 is 0 Å². The number of ether oxygens (including phenoxy) is 1. The summed E-state index contributed by atoms with van der Waals surface area (Å²) < 4.78 is 27.8. The summed E-state index contributed by atoms with van der Waals surface area (Å²) in [6.45, 7) is 3.36. The molecule has 1 heterocycles. The third-order valence-corrected chi connectivity index (χ3v) is 5.22. The number of sulfonamides is 1. The average molecular weight is 388 g/mol. The van der Waals surface area contributed by atoms with Gasteiger partial charge in [0.2, 0.25) is 15.9 Å². The van der Waals surface area contributed by atoms with Crippen LogP contribution < -0.4 is 5.14 Å². The van der Waals surface area contributed by atoms with E-state index in [0.717, 1.165) is 28.7 Å². The van der Waals surface area contributed by atoms with Gasteiger partial charge in [0.05, 0.1) is 11.3 Å². The molecule has 0 aliphatic carbocycles. The van der Waals surface area contributed by atoms with E-state index in [2.05, 4.69) is 5.16 Å². The monoisotopic (exact) mass is 388 g/mol. The fourth-order valence-electron chi connectivity index (χ4n) is 2.99. The Hall–Kier alpha value is -2.71. The Morgan fingerprint density at radius 2 is 1.89 bits per heavy atom. The lowest BCUT2D eigenvalue weighted by molar-refractivity contribution is -0.133. The summed E-state index contributed by atoms with van der Waals surface area (Å²) in [5.74, 6) is -0.149. The van der Waals surface area contributed by atoms with Crippen molar-refractivity contribution < 1.29 is 22.8 Å². The predicted octanol–water partition coefficient (Wildman–Crippen LogP) is 2.90. The van der Waals surface area contributed by atoms with E-state index < -0.39 is 16.0 Å². The highest BCUT2D eigenvalue weighted by Gasteiger charge is 2.27. The van der Waals surface area contributed by atoms with Crippen LogP contribution in [0.4, 0.5) is 0 Å². The molecule has 1 aliphatic rings. The number of rotatable bonds is 4. The molecule has 7 nitrogen and oxygen atoms in total. The first-order chi connectivity index (χ1) is 12.8. The zero-order valence-electron chi connectivity index (χ0n) is 15.0. The van der Waals surface area contributed by atoms with Crippen LogP contribution in [-0.4, -0.2) is 20.3 Å². The van der Waals surface area contributed by atoms with Gasteiger partial charge in [-0.1, -0.05) is 42.4 Å². The van der Waals surface area contributed by atoms with E-state index in [9.17, 15) is 13.2 Å². The Morgan fingerprint density at radius 3 is 2.48 bits per heavy atom. The number of nitrogens with zero attached hydrogens (tertiary/aromatic N) is 1. The Bertz CT molecular complexity index is 997. The van der Waals surface area contributed by atoms with Crippen molar-refractivity contribution >= 4 is 21.9 Å². The van der Waals surface area contributed by atoms with Gasteiger partial charge in [0.25, 0.3) is 0 Å². The number of oxime groups is 1. The van der Waals surface area contributed by atoms with E-state index in [1.54, 1.807) is 12.1 Å². The molecule has 1 aliphatic heterocycles. The van der Waals surface area contributed by atoms with E-state index in [1.807, 2.05) is 25.1 Å². The summed E-state index contributed by atoms with van der Waals surface area (Å²) in [5.41, 5.74) is 3.89. The van der Waals surface area contributed by atoms with Crippen molar-refractivity contribution in [3.05, 3.63) is 53.6 Å². The standard InChI is InChI=1S/C19H20N2O5S/c1-3-13-10-15(14-4-7-16(8-5-14)27(20,23)24)6-9-17(13)18-11-19(21-26-18)25-12(2)22/h4-10,18H,3,11H2,1-2H3,(H2,20,23,24). The second-order valence-electron chi connectivity index (χ2n) is 6.21. The smallest absolute Gasteiger partial charge is 0.309 e. The average Bonchev–Trinajstić information content (AvgIpc) is 3.08. The van der Waals surface area contributed by atoms with Gasteiger partial charge in [-0.15, -0.1) is 0 Å². The topological polar surface area (TPSA) is 108 Å². The first kappa shape index (κ1) is 19.1. The zero-order chi connectivity index (χ0) is 19.6. The van der Waals surface area contributed by atoms with Crippen LogP contribution in [0.2, 0.25) is 0 Å². The predicted molar refractivity (Wildman–Crippen MR) is 100 cm³/mol. The van der Waals surface area contributed by atoms with Gasteiger partial charge >= 0.3 is 5.97 Å². The quantitative estimate of drug-likeness (QED) is 0.810. The minimum atomic E-state index is -3.71. The summed E-state index contributed by atoms with van der Waals surface area (Å²) in [6, 6.07) is 12.4. The van der Waals surface area contributed by atoms with Crippen molar-refractivity contribution in [2.75, 3.05) is 0 Å². The zero-order valence-corrected chi connectivity index (χ0v) is 15.8. The third-order valence-electron chi connectivity index (χ3n) is 4.29. The number of aryl methyl sites for hydroxylation is 1. The molecule has 0 fully saturated rings. The van der Waals surface area contributed by atoms with Crippen molar-refractivity contribution in [1.82, 2.24) is 0 Å². The van der Waals surface area contributed by atoms with Crippen molar-refractivity contribution in [2.24, 2.45) is 10.3 Å². The molecule has 0 radical (unpaired) electrons. The molecule has 2 N–H and O–H groups in total. The molecule has 2 aromatic carbocycles. The molecular weight excluding hydrogens is 368 g/mol. The van der Waals surface area contributed by atoms with Crippen LogP contribution in [0, 0.1) is 0 Å². The maximum absolute atomic E-state index is 11.4. The molecule has 8 heteroatoms. The second kappa shape index (κ2) is 7.50. The molecular formula is C19H20N2O5S. The lowest BCUT2D eigenvalue weighted by Gasteiger charge is -2.15. The van der Waals surface area contributed by atoms with E-state index >= 15 is 0 Å². The van der Waals surface area contributed by atoms with Gasteiger partial charge in [0.15, 0.2) is 6.10 Å². The van der Waals surface area contributed by atoms with E-state index in [1.165, 1.54) is 19.1 Å². The summed E-state index contributed by atoms with van der Waals surface area (Å²) in [7, 11) is -3.71. The first-order valence-electron chi connectivity index (χ1n) is 8.45. The van der Waals surface area contributed by atoms with Gasteiger partial charge in [0.1, 0.15) is 0 Å². The normalized spacial score (nSPS) is 16.6. The van der Waals surface area contributed by atoms with E-state index in [4.69, 9.17) is 14.7 Å². The number of benzene rings is 2. The maximum Gasteiger partial charge on any atom is 0.309 e. The van der Waals surface area contributed by atoms with Gasteiger partial charge < -0.3 is 9.57 Å². The van der Waals surface area contributed by atoms with Gasteiger partial charge in [-0.05, 0) is 40.8 Å². The Morgan fingerprint density at radius 1 is 1.22 bits per heavy atom. The van der Waals surface area contributed by atoms with Gasteiger partial charge in [0, 0.05) is 6.92 Å². The number of carbonyl (C=O) groups is 1. The van der Waals surface area contributed by atoms with Crippen molar-refractivity contribution in [2.45, 2.75) is 37.7 Å². The van der Waals surface area contributed by atoms with Crippen LogP contribution in [0.25, 0.3) is 11.1 Å². The highest BCUT2D eigenvalue weighted by Crippen LogP contribution is 2.33. The van der Waals surface area contributed by atoms with Crippen LogP contribution in [0.3, 0.4) is 0 Å². The molecule has 1 unspecified atom stereocenters.